The monoisotopic (exact) mass is 358 g/mol. The molecular formula is C18H22N4O4. The Morgan fingerprint density at radius 2 is 2.15 bits per heavy atom. The van der Waals surface area contributed by atoms with Crippen molar-refractivity contribution in [2.24, 2.45) is 0 Å². The number of aromatic amines is 1. The van der Waals surface area contributed by atoms with Crippen LogP contribution in [0.15, 0.2) is 36.0 Å². The van der Waals surface area contributed by atoms with E-state index in [1.54, 1.807) is 6.92 Å². The molecule has 1 aliphatic heterocycles. The molecule has 3 rings (SSSR count). The van der Waals surface area contributed by atoms with E-state index in [9.17, 15) is 9.59 Å². The zero-order valence-corrected chi connectivity index (χ0v) is 14.5. The fourth-order valence-electron chi connectivity index (χ4n) is 2.89. The van der Waals surface area contributed by atoms with Crippen molar-refractivity contribution in [1.82, 2.24) is 20.8 Å². The molecule has 8 heteroatoms. The van der Waals surface area contributed by atoms with Gasteiger partial charge in [0, 0.05) is 18.2 Å². The van der Waals surface area contributed by atoms with Crippen molar-refractivity contribution in [2.45, 2.75) is 44.8 Å². The molecule has 1 aromatic heterocycles. The maximum Gasteiger partial charge on any atom is 0.305 e. The minimum atomic E-state index is -0.940. The van der Waals surface area contributed by atoms with E-state index < -0.39 is 12.0 Å². The standard InChI is InChI=1S/C18H22N4O4/c1-11(8-18(24)25)19-17(23)10-13-9-12(22-26-13)6-7-16-20-14-4-2-3-5-15(14)21-16/h2-5,9,11,13,22H,6-8,10H2,1H3,(H,19,23)(H,20,21)(H,24,25)/t11-,13+/m0/s1. The molecular weight excluding hydrogens is 336 g/mol. The number of rotatable bonds is 8. The number of carbonyl (C=O) groups excluding carboxylic acids is 1. The molecule has 1 amide bonds. The molecule has 2 heterocycles. The molecule has 1 aromatic carbocycles. The van der Waals surface area contributed by atoms with E-state index in [4.69, 9.17) is 9.94 Å². The highest BCUT2D eigenvalue weighted by Gasteiger charge is 2.21. The predicted molar refractivity (Wildman–Crippen MR) is 95.0 cm³/mol. The van der Waals surface area contributed by atoms with Crippen LogP contribution < -0.4 is 10.8 Å². The van der Waals surface area contributed by atoms with Crippen molar-refractivity contribution >= 4 is 22.9 Å². The number of amides is 1. The van der Waals surface area contributed by atoms with Gasteiger partial charge in [-0.15, -0.1) is 0 Å². The number of hydrogen-bond donors (Lipinski definition) is 4. The van der Waals surface area contributed by atoms with Gasteiger partial charge in [0.25, 0.3) is 0 Å². The van der Waals surface area contributed by atoms with Gasteiger partial charge in [-0.3, -0.25) is 19.9 Å². The summed E-state index contributed by atoms with van der Waals surface area (Å²) in [6.07, 6.45) is 3.00. The number of hydroxylamine groups is 1. The minimum absolute atomic E-state index is 0.103. The molecule has 0 saturated heterocycles. The lowest BCUT2D eigenvalue weighted by molar-refractivity contribution is -0.137. The fourth-order valence-corrected chi connectivity index (χ4v) is 2.89. The van der Waals surface area contributed by atoms with E-state index in [0.29, 0.717) is 6.42 Å². The third-order valence-corrected chi connectivity index (χ3v) is 4.07. The molecule has 0 bridgehead atoms. The second-order valence-corrected chi connectivity index (χ2v) is 6.42. The van der Waals surface area contributed by atoms with E-state index in [0.717, 1.165) is 29.0 Å². The largest absolute Gasteiger partial charge is 0.481 e. The number of H-pyrrole nitrogens is 1. The van der Waals surface area contributed by atoms with Crippen LogP contribution in [0.5, 0.6) is 0 Å². The molecule has 4 N–H and O–H groups in total. The normalized spacial score (nSPS) is 17.6. The van der Waals surface area contributed by atoms with Crippen molar-refractivity contribution < 1.29 is 19.5 Å². The summed E-state index contributed by atoms with van der Waals surface area (Å²) in [5.74, 6) is -0.276. The first-order valence-electron chi connectivity index (χ1n) is 8.56. The second-order valence-electron chi connectivity index (χ2n) is 6.42. The Balaban J connectivity index is 1.46. The number of hydrogen-bond acceptors (Lipinski definition) is 5. The molecule has 1 aliphatic rings. The maximum atomic E-state index is 11.9. The third kappa shape index (κ3) is 4.82. The van der Waals surface area contributed by atoms with Crippen LogP contribution in [0, 0.1) is 0 Å². The number of fused-ring (bicyclic) bond motifs is 1. The topological polar surface area (TPSA) is 116 Å². The lowest BCUT2D eigenvalue weighted by Gasteiger charge is -2.13. The zero-order valence-electron chi connectivity index (χ0n) is 14.5. The van der Waals surface area contributed by atoms with Crippen LogP contribution in [0.25, 0.3) is 11.0 Å². The highest BCUT2D eigenvalue weighted by atomic mass is 16.7. The number of nitrogens with zero attached hydrogens (tertiary/aromatic N) is 1. The Morgan fingerprint density at radius 1 is 1.35 bits per heavy atom. The van der Waals surface area contributed by atoms with Gasteiger partial charge in [0.1, 0.15) is 11.9 Å². The third-order valence-electron chi connectivity index (χ3n) is 4.07. The number of aromatic nitrogens is 2. The van der Waals surface area contributed by atoms with Crippen LogP contribution in [0.3, 0.4) is 0 Å². The number of aliphatic carboxylic acids is 1. The summed E-state index contributed by atoms with van der Waals surface area (Å²) in [7, 11) is 0. The van der Waals surface area contributed by atoms with E-state index in [1.165, 1.54) is 0 Å². The lowest BCUT2D eigenvalue weighted by Crippen LogP contribution is -2.36. The fraction of sp³-hybridized carbons (Fsp3) is 0.389. The van der Waals surface area contributed by atoms with Gasteiger partial charge in [0.05, 0.1) is 23.9 Å². The van der Waals surface area contributed by atoms with Gasteiger partial charge in [0.2, 0.25) is 5.91 Å². The van der Waals surface area contributed by atoms with Crippen molar-refractivity contribution in [2.75, 3.05) is 0 Å². The van der Waals surface area contributed by atoms with E-state index in [1.807, 2.05) is 30.3 Å². The maximum absolute atomic E-state index is 11.9. The van der Waals surface area contributed by atoms with Crippen molar-refractivity contribution in [3.8, 4) is 0 Å². The molecule has 0 radical (unpaired) electrons. The first kappa shape index (κ1) is 17.9. The zero-order chi connectivity index (χ0) is 18.5. The van der Waals surface area contributed by atoms with Crippen molar-refractivity contribution in [1.29, 1.82) is 0 Å². The minimum Gasteiger partial charge on any atom is -0.481 e. The van der Waals surface area contributed by atoms with Gasteiger partial charge >= 0.3 is 5.97 Å². The van der Waals surface area contributed by atoms with Gasteiger partial charge in [-0.05, 0) is 31.6 Å². The summed E-state index contributed by atoms with van der Waals surface area (Å²) in [6, 6.07) is 7.46. The number of para-hydroxylation sites is 2. The highest BCUT2D eigenvalue weighted by Crippen LogP contribution is 2.17. The SMILES string of the molecule is C[C@@H](CC(=O)O)NC(=O)C[C@H]1C=C(CCc2nc3ccccc3[nH]2)NO1. The second kappa shape index (κ2) is 8.01. The number of imidazole rings is 1. The van der Waals surface area contributed by atoms with E-state index in [2.05, 4.69) is 20.8 Å². The molecule has 2 aromatic rings. The summed E-state index contributed by atoms with van der Waals surface area (Å²) >= 11 is 0. The first-order chi connectivity index (χ1) is 12.5. The number of nitrogens with one attached hydrogen (secondary N) is 3. The number of carboxylic acid groups (broad SMARTS) is 1. The Hall–Kier alpha value is -2.87. The first-order valence-corrected chi connectivity index (χ1v) is 8.56. The smallest absolute Gasteiger partial charge is 0.305 e. The summed E-state index contributed by atoms with van der Waals surface area (Å²) in [5.41, 5.74) is 5.70. The van der Waals surface area contributed by atoms with Gasteiger partial charge in [-0.25, -0.2) is 4.98 Å². The van der Waals surface area contributed by atoms with Crippen LogP contribution in [0.2, 0.25) is 0 Å². The quantitative estimate of drug-likeness (QED) is 0.570. The van der Waals surface area contributed by atoms with Crippen LogP contribution in [-0.2, 0) is 20.8 Å². The predicted octanol–water partition coefficient (Wildman–Crippen LogP) is 1.65. The van der Waals surface area contributed by atoms with Crippen molar-refractivity contribution in [3.05, 3.63) is 41.9 Å². The van der Waals surface area contributed by atoms with Crippen molar-refractivity contribution in [3.63, 3.8) is 0 Å². The summed E-state index contributed by atoms with van der Waals surface area (Å²) < 4.78 is 0. The van der Waals surface area contributed by atoms with Gasteiger partial charge in [0.15, 0.2) is 0 Å². The molecule has 2 atom stereocenters. The van der Waals surface area contributed by atoms with Crippen LogP contribution >= 0.6 is 0 Å². The molecule has 26 heavy (non-hydrogen) atoms. The Kier molecular flexibility index (Phi) is 5.52. The van der Waals surface area contributed by atoms with Crippen LogP contribution in [0.1, 0.15) is 32.0 Å². The van der Waals surface area contributed by atoms with Crippen LogP contribution in [-0.4, -0.2) is 39.1 Å². The Morgan fingerprint density at radius 3 is 2.92 bits per heavy atom. The lowest BCUT2D eigenvalue weighted by atomic mass is 10.1. The van der Waals surface area contributed by atoms with Gasteiger partial charge in [-0.1, -0.05) is 12.1 Å². The molecule has 138 valence electrons. The number of carbonyl (C=O) groups is 2. The summed E-state index contributed by atoms with van der Waals surface area (Å²) in [5, 5.41) is 11.4. The number of carboxylic acids is 1. The van der Waals surface area contributed by atoms with Crippen LogP contribution in [0.4, 0.5) is 0 Å². The Labute approximate surface area is 150 Å². The Bertz CT molecular complexity index is 796. The molecule has 0 fully saturated rings. The number of benzene rings is 1. The molecule has 0 aliphatic carbocycles. The molecule has 0 unspecified atom stereocenters. The molecule has 8 nitrogen and oxygen atoms in total. The number of allylic oxidation sites excluding steroid dienone is 1. The molecule has 0 saturated carbocycles. The average molecular weight is 358 g/mol. The average Bonchev–Trinajstić information content (AvgIpc) is 3.17. The van der Waals surface area contributed by atoms with E-state index >= 15 is 0 Å². The van der Waals surface area contributed by atoms with E-state index in [-0.39, 0.29) is 24.9 Å². The van der Waals surface area contributed by atoms with Gasteiger partial charge in [-0.2, -0.15) is 0 Å². The molecule has 0 spiro atoms. The van der Waals surface area contributed by atoms with Gasteiger partial charge < -0.3 is 15.4 Å². The number of aryl methyl sites for hydroxylation is 1. The highest BCUT2D eigenvalue weighted by molar-refractivity contribution is 5.78. The summed E-state index contributed by atoms with van der Waals surface area (Å²) in [6.45, 7) is 1.66. The summed E-state index contributed by atoms with van der Waals surface area (Å²) in [4.78, 5) is 35.8.